The van der Waals surface area contributed by atoms with E-state index in [-0.39, 0.29) is 24.4 Å². The molecule has 28 heavy (non-hydrogen) atoms. The zero-order valence-corrected chi connectivity index (χ0v) is 16.3. The van der Waals surface area contributed by atoms with Gasteiger partial charge in [-0.3, -0.25) is 14.2 Å². The Labute approximate surface area is 166 Å². The van der Waals surface area contributed by atoms with Crippen molar-refractivity contribution < 1.29 is 14.7 Å². The lowest BCUT2D eigenvalue weighted by molar-refractivity contribution is -0.116. The summed E-state index contributed by atoms with van der Waals surface area (Å²) in [6.07, 6.45) is 2.83. The van der Waals surface area contributed by atoms with Gasteiger partial charge in [-0.15, -0.1) is 0 Å². The maximum atomic E-state index is 12.3. The van der Waals surface area contributed by atoms with Gasteiger partial charge in [-0.05, 0) is 31.5 Å². The summed E-state index contributed by atoms with van der Waals surface area (Å²) in [7, 11) is 0. The highest BCUT2D eigenvalue weighted by atomic mass is 35.5. The van der Waals surface area contributed by atoms with Crippen molar-refractivity contribution in [2.45, 2.75) is 33.4 Å². The molecule has 0 saturated carbocycles. The second-order valence-corrected chi connectivity index (χ2v) is 6.86. The normalized spacial score (nSPS) is 10.8. The summed E-state index contributed by atoms with van der Waals surface area (Å²) in [6.45, 7) is 4.60. The third-order valence-corrected chi connectivity index (χ3v) is 4.59. The van der Waals surface area contributed by atoms with Crippen molar-refractivity contribution >= 4 is 29.2 Å². The number of carboxylic acid groups (broad SMARTS) is 1. The molecule has 0 saturated heterocycles. The molecule has 2 heterocycles. The number of aryl methyl sites for hydroxylation is 2. The summed E-state index contributed by atoms with van der Waals surface area (Å²) in [6, 6.07) is 7.53. The summed E-state index contributed by atoms with van der Waals surface area (Å²) < 4.78 is 3.27. The molecule has 2 aromatic heterocycles. The number of anilines is 1. The van der Waals surface area contributed by atoms with Crippen LogP contribution < -0.4 is 5.32 Å². The number of hydrogen-bond donors (Lipinski definition) is 2. The Morgan fingerprint density at radius 1 is 1.21 bits per heavy atom. The van der Waals surface area contributed by atoms with Crippen molar-refractivity contribution in [2.24, 2.45) is 0 Å². The smallest absolute Gasteiger partial charge is 0.338 e. The van der Waals surface area contributed by atoms with Gasteiger partial charge < -0.3 is 10.4 Å². The molecular formula is C19H20ClN5O3. The first-order chi connectivity index (χ1) is 13.3. The maximum absolute atomic E-state index is 12.3. The Bertz CT molecular complexity index is 1010. The van der Waals surface area contributed by atoms with Crippen LogP contribution in [0.4, 0.5) is 5.69 Å². The Morgan fingerprint density at radius 3 is 2.57 bits per heavy atom. The third-order valence-electron chi connectivity index (χ3n) is 4.34. The summed E-state index contributed by atoms with van der Waals surface area (Å²) in [4.78, 5) is 23.2. The average molecular weight is 402 g/mol. The molecule has 1 aromatic carbocycles. The molecule has 1 amide bonds. The Kier molecular flexibility index (Phi) is 5.79. The number of carboxylic acids is 1. The van der Waals surface area contributed by atoms with Gasteiger partial charge in [0.25, 0.3) is 0 Å². The first-order valence-electron chi connectivity index (χ1n) is 8.67. The number of aromatic nitrogens is 4. The fourth-order valence-corrected chi connectivity index (χ4v) is 2.93. The predicted octanol–water partition coefficient (Wildman–Crippen LogP) is 3.13. The summed E-state index contributed by atoms with van der Waals surface area (Å²) in [5, 5.41) is 20.9. The molecular weight excluding hydrogens is 382 g/mol. The molecule has 3 aromatic rings. The average Bonchev–Trinajstić information content (AvgIpc) is 3.23. The number of carbonyl (C=O) groups is 2. The van der Waals surface area contributed by atoms with Crippen LogP contribution in [0.25, 0.3) is 0 Å². The topological polar surface area (TPSA) is 102 Å². The Hall–Kier alpha value is -3.13. The Morgan fingerprint density at radius 2 is 1.93 bits per heavy atom. The van der Waals surface area contributed by atoms with Gasteiger partial charge in [0.15, 0.2) is 0 Å². The minimum Gasteiger partial charge on any atom is -0.478 e. The monoisotopic (exact) mass is 401 g/mol. The van der Waals surface area contributed by atoms with E-state index in [0.29, 0.717) is 17.3 Å². The fraction of sp³-hybridized carbons (Fsp3) is 0.263. The predicted molar refractivity (Wildman–Crippen MR) is 105 cm³/mol. The van der Waals surface area contributed by atoms with Crippen LogP contribution in [-0.4, -0.2) is 36.5 Å². The summed E-state index contributed by atoms with van der Waals surface area (Å²) in [5.74, 6) is -1.24. The van der Waals surface area contributed by atoms with Crippen LogP contribution in [0.3, 0.4) is 0 Å². The van der Waals surface area contributed by atoms with Gasteiger partial charge in [0.1, 0.15) is 0 Å². The first kappa shape index (κ1) is 19.6. The summed E-state index contributed by atoms with van der Waals surface area (Å²) >= 11 is 5.92. The fourth-order valence-electron chi connectivity index (χ4n) is 2.81. The van der Waals surface area contributed by atoms with Crippen LogP contribution in [0, 0.1) is 13.8 Å². The second kappa shape index (κ2) is 8.26. The number of carbonyl (C=O) groups excluding carboxylic acids is 1. The molecule has 0 fully saturated rings. The van der Waals surface area contributed by atoms with Crippen molar-refractivity contribution in [3.63, 3.8) is 0 Å². The van der Waals surface area contributed by atoms with Crippen LogP contribution in [0.2, 0.25) is 5.02 Å². The van der Waals surface area contributed by atoms with E-state index in [1.54, 1.807) is 0 Å². The summed E-state index contributed by atoms with van der Waals surface area (Å²) in [5.41, 5.74) is 3.42. The molecule has 0 bridgehead atoms. The molecule has 0 aliphatic heterocycles. The molecule has 8 nitrogen and oxygen atoms in total. The van der Waals surface area contributed by atoms with Gasteiger partial charge in [-0.25, -0.2) is 4.79 Å². The number of nitrogens with one attached hydrogen (secondary N) is 1. The van der Waals surface area contributed by atoms with Crippen LogP contribution in [0.15, 0.2) is 36.7 Å². The van der Waals surface area contributed by atoms with E-state index in [4.69, 9.17) is 16.7 Å². The highest BCUT2D eigenvalue weighted by Crippen LogP contribution is 2.21. The van der Waals surface area contributed by atoms with Crippen molar-refractivity contribution in [3.05, 3.63) is 64.2 Å². The van der Waals surface area contributed by atoms with Crippen LogP contribution in [-0.2, 0) is 17.9 Å². The molecule has 9 heteroatoms. The lowest BCUT2D eigenvalue weighted by atomic mass is 10.2. The van der Waals surface area contributed by atoms with Gasteiger partial charge in [0.2, 0.25) is 5.91 Å². The zero-order chi connectivity index (χ0) is 20.3. The number of rotatable bonds is 7. The molecule has 146 valence electrons. The van der Waals surface area contributed by atoms with Gasteiger partial charge in [0, 0.05) is 24.2 Å². The van der Waals surface area contributed by atoms with Crippen molar-refractivity contribution in [3.8, 4) is 0 Å². The largest absolute Gasteiger partial charge is 0.478 e. The van der Waals surface area contributed by atoms with E-state index in [1.165, 1.54) is 17.1 Å². The van der Waals surface area contributed by atoms with E-state index in [1.807, 2.05) is 42.8 Å². The highest BCUT2D eigenvalue weighted by Gasteiger charge is 2.15. The number of halogens is 1. The standard InChI is InChI=1S/C19H20ClN5O3/c1-12-18(13(2)25(23-12)10-14-3-5-16(20)6-4-14)22-17(26)7-8-24-11-15(9-21-24)19(27)28/h3-6,9,11H,7-8,10H2,1-2H3,(H,22,26)(H,27,28). The van der Waals surface area contributed by atoms with Gasteiger partial charge in [-0.1, -0.05) is 23.7 Å². The molecule has 0 atom stereocenters. The van der Waals surface area contributed by atoms with Crippen molar-refractivity contribution in [1.82, 2.24) is 19.6 Å². The number of hydrogen-bond acceptors (Lipinski definition) is 4. The third kappa shape index (κ3) is 4.58. The SMILES string of the molecule is Cc1nn(Cc2ccc(Cl)cc2)c(C)c1NC(=O)CCn1cc(C(=O)O)cn1. The minimum atomic E-state index is -1.05. The molecule has 2 N–H and O–H groups in total. The number of nitrogens with zero attached hydrogens (tertiary/aromatic N) is 4. The lowest BCUT2D eigenvalue weighted by Gasteiger charge is -2.08. The first-order valence-corrected chi connectivity index (χ1v) is 9.05. The van der Waals surface area contributed by atoms with Crippen molar-refractivity contribution in [2.75, 3.05) is 5.32 Å². The molecule has 0 unspecified atom stereocenters. The van der Waals surface area contributed by atoms with Crippen LogP contribution in [0.1, 0.15) is 33.7 Å². The van der Waals surface area contributed by atoms with Crippen molar-refractivity contribution in [1.29, 1.82) is 0 Å². The van der Waals surface area contributed by atoms with Crippen LogP contribution >= 0.6 is 11.6 Å². The number of aromatic carboxylic acids is 1. The lowest BCUT2D eigenvalue weighted by Crippen LogP contribution is -2.16. The van der Waals surface area contributed by atoms with E-state index in [9.17, 15) is 9.59 Å². The van der Waals surface area contributed by atoms with E-state index >= 15 is 0 Å². The van der Waals surface area contributed by atoms with Crippen LogP contribution in [0.5, 0.6) is 0 Å². The number of benzene rings is 1. The molecule has 0 spiro atoms. The van der Waals surface area contributed by atoms with E-state index in [2.05, 4.69) is 15.5 Å². The Balaban J connectivity index is 1.63. The second-order valence-electron chi connectivity index (χ2n) is 6.43. The molecule has 0 aliphatic carbocycles. The zero-order valence-electron chi connectivity index (χ0n) is 15.5. The molecule has 0 radical (unpaired) electrons. The minimum absolute atomic E-state index is 0.0931. The van der Waals surface area contributed by atoms with E-state index < -0.39 is 5.97 Å². The molecule has 0 aliphatic rings. The molecule has 3 rings (SSSR count). The van der Waals surface area contributed by atoms with Gasteiger partial charge in [-0.2, -0.15) is 10.2 Å². The highest BCUT2D eigenvalue weighted by molar-refractivity contribution is 6.30. The maximum Gasteiger partial charge on any atom is 0.338 e. The van der Waals surface area contributed by atoms with Gasteiger partial charge >= 0.3 is 5.97 Å². The van der Waals surface area contributed by atoms with E-state index in [0.717, 1.165) is 17.0 Å². The number of amides is 1. The quantitative estimate of drug-likeness (QED) is 0.633. The van der Waals surface area contributed by atoms with Gasteiger partial charge in [0.05, 0.1) is 35.4 Å².